The highest BCUT2D eigenvalue weighted by atomic mass is 15.3. The molecule has 0 spiro atoms. The van der Waals surface area contributed by atoms with E-state index in [4.69, 9.17) is 12.3 Å². The van der Waals surface area contributed by atoms with E-state index < -0.39 is 0 Å². The molecule has 0 atom stereocenters. The Balaban J connectivity index is 2.20. The zero-order valence-electron chi connectivity index (χ0n) is 13.1. The van der Waals surface area contributed by atoms with Crippen molar-refractivity contribution in [3.8, 4) is 17.1 Å². The number of nitrogen functional groups attached to an aromatic ring is 1. The molecule has 0 bridgehead atoms. The smallest absolute Gasteiger partial charge is 0.209 e. The average molecular weight is 303 g/mol. The third kappa shape index (κ3) is 2.79. The quantitative estimate of drug-likeness (QED) is 0.589. The van der Waals surface area contributed by atoms with Crippen LogP contribution < -0.4 is 5.73 Å². The maximum Gasteiger partial charge on any atom is 0.209 e. The predicted molar refractivity (Wildman–Crippen MR) is 91.6 cm³/mol. The molecule has 3 aromatic rings. The molecule has 1 aromatic carbocycles. The molecular formula is C18H17N5. The number of aryl methyl sites for hydroxylation is 2. The minimum Gasteiger partial charge on any atom is -0.407 e. The van der Waals surface area contributed by atoms with E-state index in [0.29, 0.717) is 11.4 Å². The average Bonchev–Trinajstić information content (AvgIpc) is 3.00. The van der Waals surface area contributed by atoms with Crippen molar-refractivity contribution in [2.75, 3.05) is 5.73 Å². The van der Waals surface area contributed by atoms with Crippen LogP contribution in [0.2, 0.25) is 0 Å². The number of hydrogen-bond donors (Lipinski definition) is 1. The lowest BCUT2D eigenvalue weighted by Crippen LogP contribution is -2.03. The van der Waals surface area contributed by atoms with Gasteiger partial charge in [0, 0.05) is 11.4 Å². The molecule has 0 amide bonds. The number of nitrogens with zero attached hydrogens (tertiary/aromatic N) is 4. The number of benzene rings is 1. The maximum atomic E-state index is 7.24. The largest absolute Gasteiger partial charge is 0.407 e. The van der Waals surface area contributed by atoms with E-state index in [2.05, 4.69) is 21.9 Å². The van der Waals surface area contributed by atoms with E-state index in [-0.39, 0.29) is 0 Å². The Morgan fingerprint density at radius 3 is 2.74 bits per heavy atom. The van der Waals surface area contributed by atoms with Crippen molar-refractivity contribution >= 4 is 11.4 Å². The molecule has 5 nitrogen and oxygen atoms in total. The van der Waals surface area contributed by atoms with E-state index in [1.165, 1.54) is 0 Å². The lowest BCUT2D eigenvalue weighted by Gasteiger charge is -2.08. The van der Waals surface area contributed by atoms with Crippen LogP contribution in [0.3, 0.4) is 0 Å². The van der Waals surface area contributed by atoms with Crippen molar-refractivity contribution in [1.29, 1.82) is 0 Å². The highest BCUT2D eigenvalue weighted by Crippen LogP contribution is 2.30. The van der Waals surface area contributed by atoms with Crippen LogP contribution in [-0.4, -0.2) is 14.8 Å². The minimum absolute atomic E-state index is 0.450. The summed E-state index contributed by atoms with van der Waals surface area (Å²) in [5, 5.41) is 4.64. The van der Waals surface area contributed by atoms with E-state index in [0.717, 1.165) is 34.9 Å². The van der Waals surface area contributed by atoms with Crippen LogP contribution >= 0.6 is 0 Å². The first-order valence-electron chi connectivity index (χ1n) is 7.42. The third-order valence-electron chi connectivity index (χ3n) is 3.66. The fourth-order valence-electron chi connectivity index (χ4n) is 2.43. The van der Waals surface area contributed by atoms with Gasteiger partial charge in [-0.25, -0.2) is 14.5 Å². The van der Waals surface area contributed by atoms with Crippen molar-refractivity contribution in [3.05, 3.63) is 65.3 Å². The molecule has 5 heteroatoms. The van der Waals surface area contributed by atoms with Crippen LogP contribution in [0.4, 0.5) is 11.4 Å². The van der Waals surface area contributed by atoms with Gasteiger partial charge in [-0.15, -0.1) is 0 Å². The second-order valence-corrected chi connectivity index (χ2v) is 5.31. The Labute approximate surface area is 135 Å². The number of aromatic nitrogens is 3. The first kappa shape index (κ1) is 14.8. The first-order valence-corrected chi connectivity index (χ1v) is 7.42. The molecule has 0 aliphatic carbocycles. The second-order valence-electron chi connectivity index (χ2n) is 5.31. The van der Waals surface area contributed by atoms with Crippen LogP contribution in [0.5, 0.6) is 0 Å². The van der Waals surface area contributed by atoms with E-state index in [9.17, 15) is 0 Å². The lowest BCUT2D eigenvalue weighted by molar-refractivity contribution is 0.817. The van der Waals surface area contributed by atoms with Gasteiger partial charge >= 0.3 is 0 Å². The van der Waals surface area contributed by atoms with Crippen molar-refractivity contribution in [2.45, 2.75) is 20.3 Å². The molecule has 0 radical (unpaired) electrons. The Hall–Kier alpha value is -3.13. The molecule has 2 N–H and O–H groups in total. The molecule has 114 valence electrons. The summed E-state index contributed by atoms with van der Waals surface area (Å²) in [4.78, 5) is 8.03. The summed E-state index contributed by atoms with van der Waals surface area (Å²) >= 11 is 0. The second kappa shape index (κ2) is 5.93. The van der Waals surface area contributed by atoms with E-state index >= 15 is 0 Å². The number of rotatable bonds is 3. The SMILES string of the molecule is [C-]#[N+]c1cc(-c2cc(CC)nn2-c2cccc(C)n2)ccc1N. The number of nitrogens with two attached hydrogens (primary N) is 1. The van der Waals surface area contributed by atoms with Gasteiger partial charge in [-0.05, 0) is 49.2 Å². The van der Waals surface area contributed by atoms with Crippen molar-refractivity contribution < 1.29 is 0 Å². The summed E-state index contributed by atoms with van der Waals surface area (Å²) in [6.45, 7) is 11.3. The summed E-state index contributed by atoms with van der Waals surface area (Å²) in [6, 6.07) is 13.3. The molecule has 23 heavy (non-hydrogen) atoms. The van der Waals surface area contributed by atoms with Gasteiger partial charge in [0.05, 0.1) is 18.0 Å². The first-order chi connectivity index (χ1) is 11.1. The molecule has 0 aliphatic rings. The van der Waals surface area contributed by atoms with Crippen LogP contribution in [0.1, 0.15) is 18.3 Å². The molecule has 3 rings (SSSR count). The molecule has 0 unspecified atom stereocenters. The Morgan fingerprint density at radius 2 is 2.04 bits per heavy atom. The highest BCUT2D eigenvalue weighted by Gasteiger charge is 2.13. The van der Waals surface area contributed by atoms with Crippen molar-refractivity contribution in [2.24, 2.45) is 0 Å². The Kier molecular flexibility index (Phi) is 3.82. The molecule has 2 heterocycles. The highest BCUT2D eigenvalue weighted by molar-refractivity contribution is 5.76. The van der Waals surface area contributed by atoms with E-state index in [1.807, 2.05) is 41.9 Å². The minimum atomic E-state index is 0.450. The molecule has 0 aliphatic heterocycles. The maximum absolute atomic E-state index is 7.24. The van der Waals surface area contributed by atoms with Gasteiger partial charge in [0.25, 0.3) is 0 Å². The Bertz CT molecular complexity index is 902. The zero-order valence-corrected chi connectivity index (χ0v) is 13.1. The monoisotopic (exact) mass is 303 g/mol. The summed E-state index contributed by atoms with van der Waals surface area (Å²) in [6.07, 6.45) is 0.830. The summed E-state index contributed by atoms with van der Waals surface area (Å²) in [7, 11) is 0. The lowest BCUT2D eigenvalue weighted by atomic mass is 10.1. The fourth-order valence-corrected chi connectivity index (χ4v) is 2.43. The summed E-state index contributed by atoms with van der Waals surface area (Å²) < 4.78 is 1.82. The van der Waals surface area contributed by atoms with Crippen LogP contribution in [-0.2, 0) is 6.42 Å². The summed E-state index contributed by atoms with van der Waals surface area (Å²) in [5.41, 5.74) is 10.5. The normalized spacial score (nSPS) is 10.5. The number of pyridine rings is 1. The molecule has 2 aromatic heterocycles. The number of hydrogen-bond acceptors (Lipinski definition) is 3. The number of anilines is 1. The van der Waals surface area contributed by atoms with Crippen LogP contribution in [0, 0.1) is 13.5 Å². The molecule has 0 saturated heterocycles. The predicted octanol–water partition coefficient (Wildman–Crippen LogP) is 3.94. The van der Waals surface area contributed by atoms with Crippen molar-refractivity contribution in [3.63, 3.8) is 0 Å². The van der Waals surface area contributed by atoms with Gasteiger partial charge in [-0.2, -0.15) is 5.10 Å². The molecule has 0 fully saturated rings. The van der Waals surface area contributed by atoms with Crippen LogP contribution in [0.25, 0.3) is 21.9 Å². The third-order valence-corrected chi connectivity index (χ3v) is 3.66. The molecule has 0 saturated carbocycles. The summed E-state index contributed by atoms with van der Waals surface area (Å²) in [5.74, 6) is 0.765. The van der Waals surface area contributed by atoms with Gasteiger partial charge in [0.1, 0.15) is 0 Å². The zero-order chi connectivity index (χ0) is 16.4. The van der Waals surface area contributed by atoms with Gasteiger partial charge in [-0.3, -0.25) is 0 Å². The van der Waals surface area contributed by atoms with Gasteiger partial charge < -0.3 is 5.73 Å². The fraction of sp³-hybridized carbons (Fsp3) is 0.167. The van der Waals surface area contributed by atoms with Crippen molar-refractivity contribution in [1.82, 2.24) is 14.8 Å². The van der Waals surface area contributed by atoms with Gasteiger partial charge in [-0.1, -0.05) is 19.1 Å². The van der Waals surface area contributed by atoms with E-state index in [1.54, 1.807) is 12.1 Å². The standard InChI is InChI=1S/C18H17N5/c1-4-14-11-17(13-8-9-15(19)16(10-13)20-3)23(22-14)18-7-5-6-12(2)21-18/h5-11H,4,19H2,1-2H3. The topological polar surface area (TPSA) is 61.1 Å². The van der Waals surface area contributed by atoms with Crippen LogP contribution in [0.15, 0.2) is 42.5 Å². The van der Waals surface area contributed by atoms with Gasteiger partial charge in [0.15, 0.2) is 5.82 Å². The van der Waals surface area contributed by atoms with Gasteiger partial charge in [0.2, 0.25) is 5.69 Å². The molecular weight excluding hydrogens is 286 g/mol. The Morgan fingerprint density at radius 1 is 1.22 bits per heavy atom.